The molecule has 0 bridgehead atoms. The second-order valence-corrected chi connectivity index (χ2v) is 1.89. The fourth-order valence-corrected chi connectivity index (χ4v) is 0.559. The van der Waals surface area contributed by atoms with Crippen molar-refractivity contribution < 1.29 is 9.47 Å². The average Bonchev–Trinajstić information content (AvgIpc) is 2.05. The van der Waals surface area contributed by atoms with Crippen LogP contribution in [0, 0.1) is 0 Å². The number of methoxy groups -OCH3 is 2. The Kier molecular flexibility index (Phi) is 4.99. The second-order valence-electron chi connectivity index (χ2n) is 1.89. The van der Waals surface area contributed by atoms with Gasteiger partial charge in [0.1, 0.15) is 0 Å². The predicted molar refractivity (Wildman–Crippen MR) is 46.1 cm³/mol. The summed E-state index contributed by atoms with van der Waals surface area (Å²) in [7, 11) is 3.14. The average molecular weight is 154 g/mol. The maximum absolute atomic E-state index is 4.99. The van der Waals surface area contributed by atoms with Gasteiger partial charge in [0.25, 0.3) is 0 Å². The molecule has 0 radical (unpaired) electrons. The molecule has 0 saturated carbocycles. The Morgan fingerprint density at radius 3 is 2.27 bits per heavy atom. The monoisotopic (exact) mass is 154 g/mol. The summed E-state index contributed by atoms with van der Waals surface area (Å²) in [5.41, 5.74) is 0. The van der Waals surface area contributed by atoms with E-state index in [1.54, 1.807) is 20.3 Å². The largest absolute Gasteiger partial charge is 0.494 e. The van der Waals surface area contributed by atoms with Crippen molar-refractivity contribution in [2.75, 3.05) is 14.2 Å². The van der Waals surface area contributed by atoms with Crippen LogP contribution >= 0.6 is 0 Å². The second kappa shape index (κ2) is 5.59. The number of hydrogen-bond donors (Lipinski definition) is 0. The lowest BCUT2D eigenvalue weighted by Gasteiger charge is -2.06. The van der Waals surface area contributed by atoms with Gasteiger partial charge in [-0.05, 0) is 13.0 Å². The molecule has 0 spiro atoms. The van der Waals surface area contributed by atoms with Gasteiger partial charge in [0.15, 0.2) is 11.5 Å². The molecule has 0 fully saturated rings. The lowest BCUT2D eigenvalue weighted by atomic mass is 10.3. The van der Waals surface area contributed by atoms with Gasteiger partial charge in [-0.25, -0.2) is 0 Å². The topological polar surface area (TPSA) is 18.5 Å². The highest BCUT2D eigenvalue weighted by molar-refractivity contribution is 5.21. The van der Waals surface area contributed by atoms with E-state index in [-0.39, 0.29) is 0 Å². The fourth-order valence-electron chi connectivity index (χ4n) is 0.559. The number of hydrogen-bond acceptors (Lipinski definition) is 2. The number of ether oxygens (including phenoxy) is 2. The van der Waals surface area contributed by atoms with Gasteiger partial charge in [-0.15, -0.1) is 0 Å². The van der Waals surface area contributed by atoms with E-state index < -0.39 is 0 Å². The third-order valence-corrected chi connectivity index (χ3v) is 1.18. The van der Waals surface area contributed by atoms with Crippen LogP contribution in [-0.4, -0.2) is 14.2 Å². The molecule has 11 heavy (non-hydrogen) atoms. The molecule has 62 valence electrons. The van der Waals surface area contributed by atoms with Crippen molar-refractivity contribution >= 4 is 0 Å². The van der Waals surface area contributed by atoms with Crippen LogP contribution in [0.1, 0.15) is 6.92 Å². The third kappa shape index (κ3) is 3.50. The Balaban J connectivity index is 4.26. The highest BCUT2D eigenvalue weighted by Gasteiger charge is 1.98. The van der Waals surface area contributed by atoms with Crippen LogP contribution in [0.15, 0.2) is 36.3 Å². The van der Waals surface area contributed by atoms with Crippen LogP contribution in [0.25, 0.3) is 0 Å². The first-order valence-electron chi connectivity index (χ1n) is 3.36. The van der Waals surface area contributed by atoms with Crippen molar-refractivity contribution in [1.29, 1.82) is 0 Å². The van der Waals surface area contributed by atoms with Gasteiger partial charge < -0.3 is 9.47 Å². The zero-order chi connectivity index (χ0) is 8.69. The molecule has 0 aromatic rings. The SMILES string of the molecule is C=C(OC)/C(=C\C=C/C)OC. The molecule has 2 nitrogen and oxygen atoms in total. The molecule has 0 amide bonds. The number of rotatable bonds is 4. The highest BCUT2D eigenvalue weighted by Crippen LogP contribution is 2.08. The summed E-state index contributed by atoms with van der Waals surface area (Å²) in [5.74, 6) is 1.18. The van der Waals surface area contributed by atoms with E-state index >= 15 is 0 Å². The molecule has 0 aromatic heterocycles. The summed E-state index contributed by atoms with van der Waals surface area (Å²) in [6.07, 6.45) is 5.57. The minimum Gasteiger partial charge on any atom is -0.494 e. The normalized spacial score (nSPS) is 11.7. The van der Waals surface area contributed by atoms with E-state index in [1.165, 1.54) is 0 Å². The zero-order valence-corrected chi connectivity index (χ0v) is 7.26. The predicted octanol–water partition coefficient (Wildman–Crippen LogP) is 2.25. The third-order valence-electron chi connectivity index (χ3n) is 1.18. The van der Waals surface area contributed by atoms with Gasteiger partial charge in [-0.1, -0.05) is 18.7 Å². The Morgan fingerprint density at radius 2 is 1.91 bits per heavy atom. The minimum atomic E-state index is 0.533. The van der Waals surface area contributed by atoms with Gasteiger partial charge in [-0.2, -0.15) is 0 Å². The molecule has 0 saturated heterocycles. The standard InChI is InChI=1S/C9H14O2/c1-5-6-7-9(11-4)8(2)10-3/h5-7H,2H2,1,3-4H3/b6-5-,9-7+. The summed E-state index contributed by atoms with van der Waals surface area (Å²) >= 11 is 0. The van der Waals surface area contributed by atoms with Crippen molar-refractivity contribution in [3.8, 4) is 0 Å². The summed E-state index contributed by atoms with van der Waals surface area (Å²) in [6.45, 7) is 5.58. The molecule has 0 rings (SSSR count). The summed E-state index contributed by atoms with van der Waals surface area (Å²) in [6, 6.07) is 0. The molecule has 0 heterocycles. The van der Waals surface area contributed by atoms with Gasteiger partial charge in [0.2, 0.25) is 0 Å². The first kappa shape index (κ1) is 9.82. The van der Waals surface area contributed by atoms with Crippen LogP contribution in [0.2, 0.25) is 0 Å². The molecule has 0 aliphatic rings. The Morgan fingerprint density at radius 1 is 1.27 bits per heavy atom. The summed E-state index contributed by atoms with van der Waals surface area (Å²) < 4.78 is 9.87. The summed E-state index contributed by atoms with van der Waals surface area (Å²) in [4.78, 5) is 0. The first-order chi connectivity index (χ1) is 5.26. The molecule has 0 unspecified atom stereocenters. The Labute approximate surface area is 67.8 Å². The van der Waals surface area contributed by atoms with Crippen molar-refractivity contribution in [2.45, 2.75) is 6.92 Å². The molecular formula is C9H14O2. The van der Waals surface area contributed by atoms with Gasteiger partial charge >= 0.3 is 0 Å². The van der Waals surface area contributed by atoms with Crippen LogP contribution in [-0.2, 0) is 9.47 Å². The number of allylic oxidation sites excluding steroid dienone is 3. The van der Waals surface area contributed by atoms with E-state index in [0.29, 0.717) is 11.5 Å². The van der Waals surface area contributed by atoms with Crippen LogP contribution in [0.4, 0.5) is 0 Å². The van der Waals surface area contributed by atoms with Crippen molar-refractivity contribution in [3.63, 3.8) is 0 Å². The van der Waals surface area contributed by atoms with E-state index in [1.807, 2.05) is 19.1 Å². The van der Waals surface area contributed by atoms with Crippen LogP contribution < -0.4 is 0 Å². The first-order valence-corrected chi connectivity index (χ1v) is 3.36. The van der Waals surface area contributed by atoms with E-state index in [4.69, 9.17) is 9.47 Å². The van der Waals surface area contributed by atoms with Crippen molar-refractivity contribution in [3.05, 3.63) is 36.3 Å². The zero-order valence-electron chi connectivity index (χ0n) is 7.26. The lowest BCUT2D eigenvalue weighted by Crippen LogP contribution is -1.92. The Bertz CT molecular complexity index is 178. The molecule has 2 heteroatoms. The van der Waals surface area contributed by atoms with Crippen molar-refractivity contribution in [1.82, 2.24) is 0 Å². The minimum absolute atomic E-state index is 0.533. The highest BCUT2D eigenvalue weighted by atomic mass is 16.5. The maximum Gasteiger partial charge on any atom is 0.160 e. The molecule has 0 aliphatic carbocycles. The van der Waals surface area contributed by atoms with Gasteiger partial charge in [-0.3, -0.25) is 0 Å². The summed E-state index contributed by atoms with van der Waals surface area (Å²) in [5, 5.41) is 0. The molecule has 0 N–H and O–H groups in total. The fraction of sp³-hybridized carbons (Fsp3) is 0.333. The van der Waals surface area contributed by atoms with E-state index in [9.17, 15) is 0 Å². The van der Waals surface area contributed by atoms with Gasteiger partial charge in [0, 0.05) is 0 Å². The lowest BCUT2D eigenvalue weighted by molar-refractivity contribution is 0.221. The maximum atomic E-state index is 4.99. The quantitative estimate of drug-likeness (QED) is 0.456. The molecular weight excluding hydrogens is 140 g/mol. The van der Waals surface area contributed by atoms with Crippen molar-refractivity contribution in [2.24, 2.45) is 0 Å². The molecule has 0 aliphatic heterocycles. The smallest absolute Gasteiger partial charge is 0.160 e. The van der Waals surface area contributed by atoms with Gasteiger partial charge in [0.05, 0.1) is 14.2 Å². The molecule has 0 aromatic carbocycles. The van der Waals surface area contributed by atoms with Crippen LogP contribution in [0.5, 0.6) is 0 Å². The van der Waals surface area contributed by atoms with E-state index in [2.05, 4.69) is 6.58 Å². The van der Waals surface area contributed by atoms with E-state index in [0.717, 1.165) is 0 Å². The van der Waals surface area contributed by atoms with Crippen LogP contribution in [0.3, 0.4) is 0 Å². The Hall–Kier alpha value is -1.18. The molecule has 0 atom stereocenters.